The molecule has 2 aromatic carbocycles. The lowest BCUT2D eigenvalue weighted by Gasteiger charge is -2.34. The van der Waals surface area contributed by atoms with Gasteiger partial charge in [-0.05, 0) is 43.2 Å². The topological polar surface area (TPSA) is 63.6 Å². The second-order valence-corrected chi connectivity index (χ2v) is 8.45. The van der Waals surface area contributed by atoms with Crippen molar-refractivity contribution >= 4 is 22.7 Å². The Balaban J connectivity index is 1.78. The van der Waals surface area contributed by atoms with Crippen LogP contribution < -0.4 is 4.74 Å². The lowest BCUT2D eigenvalue weighted by molar-refractivity contribution is -0.142. The fraction of sp³-hybridized carbons (Fsp3) is 0.308. The zero-order valence-electron chi connectivity index (χ0n) is 17.3. The molecule has 4 heteroatoms. The summed E-state index contributed by atoms with van der Waals surface area (Å²) in [5.41, 5.74) is 1.40. The highest BCUT2D eigenvalue weighted by molar-refractivity contribution is 5.95. The number of carboxylic acids is 1. The van der Waals surface area contributed by atoms with E-state index in [2.05, 4.69) is 13.0 Å². The second-order valence-electron chi connectivity index (χ2n) is 8.45. The van der Waals surface area contributed by atoms with Crippen molar-refractivity contribution in [1.29, 1.82) is 0 Å². The maximum absolute atomic E-state index is 12.9. The predicted molar refractivity (Wildman–Crippen MR) is 117 cm³/mol. The quantitative estimate of drug-likeness (QED) is 0.412. The molecule has 0 aromatic heterocycles. The van der Waals surface area contributed by atoms with Gasteiger partial charge in [-0.2, -0.15) is 0 Å². The molecule has 0 bridgehead atoms. The maximum atomic E-state index is 12.9. The number of carbonyl (C=O) groups is 2. The Hall–Kier alpha value is -3.14. The third-order valence-corrected chi connectivity index (χ3v) is 6.40. The van der Waals surface area contributed by atoms with Gasteiger partial charge in [0, 0.05) is 10.8 Å². The van der Waals surface area contributed by atoms with Gasteiger partial charge in [-0.25, -0.2) is 0 Å². The molecule has 2 aliphatic carbocycles. The van der Waals surface area contributed by atoms with Crippen molar-refractivity contribution in [1.82, 2.24) is 0 Å². The number of esters is 1. The van der Waals surface area contributed by atoms with Crippen LogP contribution >= 0.6 is 0 Å². The Morgan fingerprint density at radius 2 is 1.90 bits per heavy atom. The van der Waals surface area contributed by atoms with Gasteiger partial charge in [-0.15, -0.1) is 0 Å². The van der Waals surface area contributed by atoms with Crippen molar-refractivity contribution in [3.63, 3.8) is 0 Å². The average Bonchev–Trinajstić information content (AvgIpc) is 2.74. The van der Waals surface area contributed by atoms with Gasteiger partial charge in [0.25, 0.3) is 0 Å². The summed E-state index contributed by atoms with van der Waals surface area (Å²) in [5.74, 6) is -1.46. The van der Waals surface area contributed by atoms with Crippen molar-refractivity contribution in [3.8, 4) is 5.75 Å². The number of ether oxygens (including phenoxy) is 1. The normalized spacial score (nSPS) is 25.7. The first-order chi connectivity index (χ1) is 14.4. The number of carboxylic acid groups (broad SMARTS) is 1. The first-order valence-corrected chi connectivity index (χ1v) is 10.4. The molecule has 2 aliphatic rings. The van der Waals surface area contributed by atoms with Crippen LogP contribution in [-0.2, 0) is 15.0 Å². The van der Waals surface area contributed by atoms with E-state index in [1.54, 1.807) is 18.2 Å². The Kier molecular flexibility index (Phi) is 5.33. The van der Waals surface area contributed by atoms with Gasteiger partial charge in [0.2, 0.25) is 0 Å². The summed E-state index contributed by atoms with van der Waals surface area (Å²) < 4.78 is 5.92. The molecule has 30 heavy (non-hydrogen) atoms. The number of aliphatic carboxylic acids is 1. The third-order valence-electron chi connectivity index (χ3n) is 6.40. The monoisotopic (exact) mass is 402 g/mol. The highest BCUT2D eigenvalue weighted by atomic mass is 16.5. The molecule has 0 fully saturated rings. The average molecular weight is 402 g/mol. The molecule has 0 spiro atoms. The minimum Gasteiger partial charge on any atom is -0.481 e. The van der Waals surface area contributed by atoms with Gasteiger partial charge < -0.3 is 9.84 Å². The SMILES string of the molecule is CC1=CCC(C(=O)Oc2cccc3cccc(C4(C)C=CC=CC4C(=O)O)c23)CC1. The van der Waals surface area contributed by atoms with E-state index < -0.39 is 17.3 Å². The summed E-state index contributed by atoms with van der Waals surface area (Å²) in [6, 6.07) is 11.5. The smallest absolute Gasteiger partial charge is 0.314 e. The summed E-state index contributed by atoms with van der Waals surface area (Å²) in [7, 11) is 0. The summed E-state index contributed by atoms with van der Waals surface area (Å²) in [5, 5.41) is 11.6. The third kappa shape index (κ3) is 3.58. The fourth-order valence-corrected chi connectivity index (χ4v) is 4.54. The van der Waals surface area contributed by atoms with Crippen LogP contribution in [0.4, 0.5) is 0 Å². The van der Waals surface area contributed by atoms with Gasteiger partial charge in [0.15, 0.2) is 0 Å². The number of carbonyl (C=O) groups excluding carboxylic acids is 1. The van der Waals surface area contributed by atoms with E-state index in [0.717, 1.165) is 29.2 Å². The van der Waals surface area contributed by atoms with Crippen LogP contribution in [0.3, 0.4) is 0 Å². The molecular formula is C26H26O4. The molecule has 4 nitrogen and oxygen atoms in total. The molecule has 0 heterocycles. The van der Waals surface area contributed by atoms with Crippen LogP contribution in [0, 0.1) is 11.8 Å². The van der Waals surface area contributed by atoms with Gasteiger partial charge in [-0.3, -0.25) is 9.59 Å². The number of benzene rings is 2. The van der Waals surface area contributed by atoms with Gasteiger partial charge in [0.1, 0.15) is 5.75 Å². The molecule has 0 aliphatic heterocycles. The van der Waals surface area contributed by atoms with Gasteiger partial charge in [0.05, 0.1) is 11.8 Å². The lowest BCUT2D eigenvalue weighted by Crippen LogP contribution is -2.36. The molecule has 1 N–H and O–H groups in total. The van der Waals surface area contributed by atoms with Crippen LogP contribution in [0.25, 0.3) is 10.8 Å². The van der Waals surface area contributed by atoms with E-state index in [-0.39, 0.29) is 11.9 Å². The van der Waals surface area contributed by atoms with E-state index >= 15 is 0 Å². The van der Waals surface area contributed by atoms with E-state index in [0.29, 0.717) is 12.2 Å². The van der Waals surface area contributed by atoms with E-state index in [1.807, 2.05) is 49.4 Å². The van der Waals surface area contributed by atoms with E-state index in [1.165, 1.54) is 5.57 Å². The zero-order chi connectivity index (χ0) is 21.3. The Morgan fingerprint density at radius 3 is 2.60 bits per heavy atom. The number of fused-ring (bicyclic) bond motifs is 1. The minimum atomic E-state index is -0.881. The zero-order valence-corrected chi connectivity index (χ0v) is 17.3. The summed E-state index contributed by atoms with van der Waals surface area (Å²) >= 11 is 0. The maximum Gasteiger partial charge on any atom is 0.314 e. The van der Waals surface area contributed by atoms with Gasteiger partial charge in [-0.1, -0.05) is 73.2 Å². The van der Waals surface area contributed by atoms with Crippen LogP contribution in [0.5, 0.6) is 5.75 Å². The Morgan fingerprint density at radius 1 is 1.13 bits per heavy atom. The van der Waals surface area contributed by atoms with Crippen LogP contribution in [0.1, 0.15) is 38.7 Å². The first kappa shape index (κ1) is 20.1. The molecular weight excluding hydrogens is 376 g/mol. The molecule has 0 saturated heterocycles. The number of hydrogen-bond donors (Lipinski definition) is 1. The van der Waals surface area contributed by atoms with Crippen molar-refractivity contribution in [2.45, 2.75) is 38.5 Å². The largest absolute Gasteiger partial charge is 0.481 e. The molecule has 0 amide bonds. The van der Waals surface area contributed by atoms with Crippen molar-refractivity contribution in [2.75, 3.05) is 0 Å². The van der Waals surface area contributed by atoms with Crippen LogP contribution in [0.2, 0.25) is 0 Å². The fourth-order valence-electron chi connectivity index (χ4n) is 4.54. The molecule has 0 radical (unpaired) electrons. The Bertz CT molecular complexity index is 1090. The molecule has 0 saturated carbocycles. The Labute approximate surface area is 176 Å². The molecule has 4 rings (SSSR count). The highest BCUT2D eigenvalue weighted by Gasteiger charge is 2.39. The molecule has 2 aromatic rings. The molecule has 154 valence electrons. The van der Waals surface area contributed by atoms with Gasteiger partial charge >= 0.3 is 11.9 Å². The van der Waals surface area contributed by atoms with Crippen molar-refractivity contribution < 1.29 is 19.4 Å². The van der Waals surface area contributed by atoms with E-state index in [4.69, 9.17) is 4.74 Å². The number of allylic oxidation sites excluding steroid dienone is 5. The second kappa shape index (κ2) is 7.94. The first-order valence-electron chi connectivity index (χ1n) is 10.4. The standard InChI is InChI=1S/C26H26O4/c1-17-12-14-19(15-13-17)25(29)30-22-11-6-8-18-7-5-10-20(23(18)22)26(2)16-4-3-9-21(26)24(27)28/h3-12,16,19,21H,13-15H2,1-2H3,(H,27,28). The minimum absolute atomic E-state index is 0.143. The summed E-state index contributed by atoms with van der Waals surface area (Å²) in [4.78, 5) is 24.9. The number of rotatable bonds is 4. The lowest BCUT2D eigenvalue weighted by atomic mass is 9.68. The van der Waals surface area contributed by atoms with Crippen molar-refractivity contribution in [3.05, 3.63) is 77.9 Å². The molecule has 3 atom stereocenters. The van der Waals surface area contributed by atoms with E-state index in [9.17, 15) is 14.7 Å². The summed E-state index contributed by atoms with van der Waals surface area (Å²) in [6.07, 6.45) is 11.8. The highest BCUT2D eigenvalue weighted by Crippen LogP contribution is 2.43. The molecule has 3 unspecified atom stereocenters. The predicted octanol–water partition coefficient (Wildman–Crippen LogP) is 5.58. The summed E-state index contributed by atoms with van der Waals surface area (Å²) in [6.45, 7) is 4.01. The van der Waals surface area contributed by atoms with Crippen LogP contribution in [-0.4, -0.2) is 17.0 Å². The van der Waals surface area contributed by atoms with Crippen LogP contribution in [0.15, 0.2) is 72.4 Å². The number of hydrogen-bond acceptors (Lipinski definition) is 3. The van der Waals surface area contributed by atoms with Crippen molar-refractivity contribution in [2.24, 2.45) is 11.8 Å².